The molecular weight excluding hydrogens is 378 g/mol. The van der Waals surface area contributed by atoms with Crippen LogP contribution in [0.3, 0.4) is 0 Å². The molecule has 3 aromatic rings. The second kappa shape index (κ2) is 7.65. The Morgan fingerprint density at radius 1 is 1.14 bits per heavy atom. The zero-order valence-corrected chi connectivity index (χ0v) is 16.8. The Morgan fingerprint density at radius 3 is 2.54 bits per heavy atom. The van der Waals surface area contributed by atoms with Crippen molar-refractivity contribution in [2.75, 3.05) is 46.0 Å². The lowest BCUT2D eigenvalue weighted by molar-refractivity contribution is 0.0985. The first-order chi connectivity index (χ1) is 13.5. The van der Waals surface area contributed by atoms with Gasteiger partial charge in [-0.25, -0.2) is 4.98 Å². The van der Waals surface area contributed by atoms with Crippen LogP contribution >= 0.6 is 11.3 Å². The van der Waals surface area contributed by atoms with Crippen molar-refractivity contribution in [2.24, 2.45) is 0 Å². The van der Waals surface area contributed by atoms with Gasteiger partial charge < -0.3 is 19.1 Å². The lowest BCUT2D eigenvalue weighted by atomic mass is 10.2. The standard InChI is InChI=1S/C20H21N3O4S/c1-22(2)8-9-23(19(24)13-4-6-14(25-3)7-5-13)20-21-15-10-16-17(27-12-26-16)11-18(15)28-20/h4-7,10-11H,8-9,12H2,1-3H3. The SMILES string of the molecule is COc1ccc(C(=O)N(CCN(C)C)c2nc3cc4c(cc3s2)OCO4)cc1. The van der Waals surface area contributed by atoms with E-state index in [1.807, 2.05) is 31.1 Å². The summed E-state index contributed by atoms with van der Waals surface area (Å²) in [6, 6.07) is 10.9. The van der Waals surface area contributed by atoms with Crippen molar-refractivity contribution in [3.63, 3.8) is 0 Å². The zero-order valence-electron chi connectivity index (χ0n) is 16.0. The van der Waals surface area contributed by atoms with Crippen LogP contribution in [0.15, 0.2) is 36.4 Å². The van der Waals surface area contributed by atoms with Crippen LogP contribution in [0, 0.1) is 0 Å². The number of carbonyl (C=O) groups is 1. The Bertz CT molecular complexity index is 960. The number of carbonyl (C=O) groups excluding carboxylic acids is 1. The van der Waals surface area contributed by atoms with Gasteiger partial charge in [0.25, 0.3) is 5.91 Å². The summed E-state index contributed by atoms with van der Waals surface area (Å²) in [5.74, 6) is 2.02. The van der Waals surface area contributed by atoms with E-state index >= 15 is 0 Å². The van der Waals surface area contributed by atoms with Crippen molar-refractivity contribution in [1.82, 2.24) is 9.88 Å². The lowest BCUT2D eigenvalue weighted by Crippen LogP contribution is -2.36. The molecule has 0 saturated heterocycles. The number of anilines is 1. The van der Waals surface area contributed by atoms with E-state index in [1.54, 1.807) is 36.3 Å². The molecule has 28 heavy (non-hydrogen) atoms. The summed E-state index contributed by atoms with van der Waals surface area (Å²) in [4.78, 5) is 21.7. The van der Waals surface area contributed by atoms with Gasteiger partial charge in [-0.05, 0) is 38.4 Å². The number of aromatic nitrogens is 1. The Hall–Kier alpha value is -2.84. The van der Waals surface area contributed by atoms with Gasteiger partial charge in [-0.3, -0.25) is 9.69 Å². The molecule has 0 atom stereocenters. The molecule has 0 radical (unpaired) electrons. The fraction of sp³-hybridized carbons (Fsp3) is 0.300. The third kappa shape index (κ3) is 3.61. The maximum absolute atomic E-state index is 13.2. The van der Waals surface area contributed by atoms with Crippen LogP contribution in [0.1, 0.15) is 10.4 Å². The normalized spacial score (nSPS) is 12.6. The number of nitrogens with zero attached hydrogens (tertiary/aromatic N) is 3. The number of hydrogen-bond acceptors (Lipinski definition) is 7. The minimum atomic E-state index is -0.0939. The number of likely N-dealkylation sites (N-methyl/N-ethyl adjacent to an activating group) is 1. The Kier molecular flexibility index (Phi) is 5.06. The summed E-state index contributed by atoms with van der Waals surface area (Å²) in [6.45, 7) is 1.48. The summed E-state index contributed by atoms with van der Waals surface area (Å²) < 4.78 is 17.0. The highest BCUT2D eigenvalue weighted by Gasteiger charge is 2.23. The number of benzene rings is 2. The van der Waals surface area contributed by atoms with Crippen LogP contribution in [0.5, 0.6) is 17.2 Å². The smallest absolute Gasteiger partial charge is 0.260 e. The Balaban J connectivity index is 1.68. The average molecular weight is 399 g/mol. The average Bonchev–Trinajstić information content (AvgIpc) is 3.31. The molecule has 0 aliphatic carbocycles. The minimum absolute atomic E-state index is 0.0939. The highest BCUT2D eigenvalue weighted by Crippen LogP contribution is 2.40. The largest absolute Gasteiger partial charge is 0.497 e. The van der Waals surface area contributed by atoms with Crippen LogP contribution in [-0.4, -0.2) is 56.9 Å². The molecule has 0 spiro atoms. The van der Waals surface area contributed by atoms with E-state index in [0.717, 1.165) is 16.8 Å². The van der Waals surface area contributed by atoms with Gasteiger partial charge in [0.05, 0.1) is 17.3 Å². The highest BCUT2D eigenvalue weighted by atomic mass is 32.1. The van der Waals surface area contributed by atoms with Gasteiger partial charge in [-0.1, -0.05) is 11.3 Å². The number of thiazole rings is 1. The third-order valence-electron chi connectivity index (χ3n) is 4.46. The maximum atomic E-state index is 13.2. The molecule has 1 aromatic heterocycles. The first-order valence-corrected chi connectivity index (χ1v) is 9.67. The molecular formula is C20H21N3O4S. The summed E-state index contributed by atoms with van der Waals surface area (Å²) in [5.41, 5.74) is 1.38. The fourth-order valence-corrected chi connectivity index (χ4v) is 3.90. The number of amides is 1. The van der Waals surface area contributed by atoms with Gasteiger partial charge >= 0.3 is 0 Å². The van der Waals surface area contributed by atoms with Crippen LogP contribution in [0.2, 0.25) is 0 Å². The molecule has 0 unspecified atom stereocenters. The quantitative estimate of drug-likeness (QED) is 0.634. The second-order valence-corrected chi connectivity index (χ2v) is 7.67. The van der Waals surface area contributed by atoms with Gasteiger partial charge in [0, 0.05) is 30.8 Å². The topological polar surface area (TPSA) is 64.1 Å². The number of ether oxygens (including phenoxy) is 3. The van der Waals surface area contributed by atoms with Crippen LogP contribution in [0.4, 0.5) is 5.13 Å². The Labute approximate surface area is 167 Å². The first kappa shape index (κ1) is 18.5. The summed E-state index contributed by atoms with van der Waals surface area (Å²) in [7, 11) is 5.56. The van der Waals surface area contributed by atoms with Crippen molar-refractivity contribution in [3.8, 4) is 17.2 Å². The van der Waals surface area contributed by atoms with Crippen LogP contribution in [0.25, 0.3) is 10.2 Å². The molecule has 2 heterocycles. The first-order valence-electron chi connectivity index (χ1n) is 8.86. The zero-order chi connectivity index (χ0) is 19.7. The van der Waals surface area contributed by atoms with Crippen LogP contribution < -0.4 is 19.1 Å². The van der Waals surface area contributed by atoms with Crippen LogP contribution in [-0.2, 0) is 0 Å². The van der Waals surface area contributed by atoms with Gasteiger partial charge in [0.2, 0.25) is 6.79 Å². The van der Waals surface area contributed by atoms with E-state index in [-0.39, 0.29) is 12.7 Å². The lowest BCUT2D eigenvalue weighted by Gasteiger charge is -2.22. The van der Waals surface area contributed by atoms with Crippen molar-refractivity contribution in [2.45, 2.75) is 0 Å². The highest BCUT2D eigenvalue weighted by molar-refractivity contribution is 7.22. The monoisotopic (exact) mass is 399 g/mol. The van der Waals surface area contributed by atoms with E-state index in [1.165, 1.54) is 11.3 Å². The molecule has 0 N–H and O–H groups in total. The molecule has 4 rings (SSSR count). The van der Waals surface area contributed by atoms with E-state index in [2.05, 4.69) is 0 Å². The van der Waals surface area contributed by atoms with E-state index < -0.39 is 0 Å². The molecule has 2 aromatic carbocycles. The summed E-state index contributed by atoms with van der Waals surface area (Å²) in [6.07, 6.45) is 0. The molecule has 0 bridgehead atoms. The van der Waals surface area contributed by atoms with Crippen molar-refractivity contribution in [3.05, 3.63) is 42.0 Å². The van der Waals surface area contributed by atoms with Crippen molar-refractivity contribution in [1.29, 1.82) is 0 Å². The van der Waals surface area contributed by atoms with Gasteiger partial charge in [0.15, 0.2) is 16.6 Å². The minimum Gasteiger partial charge on any atom is -0.497 e. The number of hydrogen-bond donors (Lipinski definition) is 0. The van der Waals surface area contributed by atoms with E-state index in [9.17, 15) is 4.79 Å². The molecule has 7 nitrogen and oxygen atoms in total. The van der Waals surface area contributed by atoms with E-state index in [0.29, 0.717) is 34.5 Å². The summed E-state index contributed by atoms with van der Waals surface area (Å²) >= 11 is 1.47. The molecule has 1 amide bonds. The fourth-order valence-electron chi connectivity index (χ4n) is 2.89. The molecule has 1 aliphatic heterocycles. The number of fused-ring (bicyclic) bond motifs is 2. The molecule has 146 valence electrons. The second-order valence-electron chi connectivity index (χ2n) is 6.66. The third-order valence-corrected chi connectivity index (χ3v) is 5.50. The predicted octanol–water partition coefficient (Wildman–Crippen LogP) is 3.24. The predicted molar refractivity (Wildman–Crippen MR) is 109 cm³/mol. The maximum Gasteiger partial charge on any atom is 0.260 e. The number of methoxy groups -OCH3 is 1. The van der Waals surface area contributed by atoms with E-state index in [4.69, 9.17) is 19.2 Å². The molecule has 0 saturated carbocycles. The van der Waals surface area contributed by atoms with Gasteiger partial charge in [0.1, 0.15) is 5.75 Å². The number of rotatable bonds is 6. The van der Waals surface area contributed by atoms with Gasteiger partial charge in [-0.2, -0.15) is 0 Å². The van der Waals surface area contributed by atoms with Crippen molar-refractivity contribution < 1.29 is 19.0 Å². The Morgan fingerprint density at radius 2 is 1.86 bits per heavy atom. The molecule has 0 fully saturated rings. The molecule has 1 aliphatic rings. The summed E-state index contributed by atoms with van der Waals surface area (Å²) in [5, 5.41) is 0.654. The van der Waals surface area contributed by atoms with Gasteiger partial charge in [-0.15, -0.1) is 0 Å². The van der Waals surface area contributed by atoms with Crippen molar-refractivity contribution >= 4 is 32.6 Å². The molecule has 8 heteroatoms.